The van der Waals surface area contributed by atoms with Crippen molar-refractivity contribution in [2.24, 2.45) is 0 Å². The van der Waals surface area contributed by atoms with Crippen LogP contribution in [0.1, 0.15) is 25.7 Å². The minimum absolute atomic E-state index is 0.0635. The van der Waals surface area contributed by atoms with Gasteiger partial charge in [-0.2, -0.15) is 0 Å². The van der Waals surface area contributed by atoms with Crippen molar-refractivity contribution in [3.8, 4) is 5.75 Å². The number of nitrogens with zero attached hydrogens (tertiary/aromatic N) is 1. The lowest BCUT2D eigenvalue weighted by Gasteiger charge is -2.26. The Kier molecular flexibility index (Phi) is 6.93. The van der Waals surface area contributed by atoms with Crippen molar-refractivity contribution < 1.29 is 17.9 Å². The van der Waals surface area contributed by atoms with Gasteiger partial charge in [-0.3, -0.25) is 9.10 Å². The Bertz CT molecular complexity index is 992. The van der Waals surface area contributed by atoms with Gasteiger partial charge in [0.1, 0.15) is 12.3 Å². The Morgan fingerprint density at radius 1 is 1.14 bits per heavy atom. The average molecular weight is 457 g/mol. The van der Waals surface area contributed by atoms with Gasteiger partial charge in [-0.05, 0) is 43.2 Å². The molecule has 0 aromatic heterocycles. The van der Waals surface area contributed by atoms with Crippen LogP contribution in [0.3, 0.4) is 0 Å². The molecule has 0 saturated heterocycles. The van der Waals surface area contributed by atoms with Crippen LogP contribution >= 0.6 is 23.2 Å². The van der Waals surface area contributed by atoms with Gasteiger partial charge in [0.2, 0.25) is 5.91 Å². The molecule has 0 spiro atoms. The Balaban J connectivity index is 1.99. The average Bonchev–Trinajstić information content (AvgIpc) is 3.21. The monoisotopic (exact) mass is 456 g/mol. The van der Waals surface area contributed by atoms with Gasteiger partial charge in [0.05, 0.1) is 27.7 Å². The summed E-state index contributed by atoms with van der Waals surface area (Å²) in [5.74, 6) is -0.0313. The summed E-state index contributed by atoms with van der Waals surface area (Å²) in [6, 6.07) is 10.8. The number of ether oxygens (including phenoxy) is 1. The van der Waals surface area contributed by atoms with Crippen LogP contribution in [0.15, 0.2) is 47.4 Å². The van der Waals surface area contributed by atoms with Gasteiger partial charge in [-0.15, -0.1) is 0 Å². The van der Waals surface area contributed by atoms with E-state index in [9.17, 15) is 13.2 Å². The molecule has 1 aliphatic carbocycles. The molecule has 0 unspecified atom stereocenters. The second kappa shape index (κ2) is 9.24. The molecule has 0 atom stereocenters. The number of amides is 1. The lowest BCUT2D eigenvalue weighted by molar-refractivity contribution is -0.120. The van der Waals surface area contributed by atoms with Crippen molar-refractivity contribution in [3.05, 3.63) is 52.5 Å². The number of anilines is 1. The van der Waals surface area contributed by atoms with Crippen LogP contribution in [0.25, 0.3) is 0 Å². The van der Waals surface area contributed by atoms with E-state index in [4.69, 9.17) is 27.9 Å². The molecule has 156 valence electrons. The standard InChI is InChI=1S/C20H22Cl2N2O4S/c1-28-19-9-5-4-8-18(19)24(13-20(25)23-14-6-2-3-7-14)29(26,27)15-10-11-16(21)17(22)12-15/h4-5,8-12,14H,2-3,6-7,13H2,1H3,(H,23,25). The fourth-order valence-electron chi connectivity index (χ4n) is 3.37. The molecule has 29 heavy (non-hydrogen) atoms. The van der Waals surface area contributed by atoms with Crippen LogP contribution in [-0.4, -0.2) is 34.0 Å². The smallest absolute Gasteiger partial charge is 0.264 e. The Morgan fingerprint density at radius 3 is 2.48 bits per heavy atom. The number of rotatable bonds is 7. The summed E-state index contributed by atoms with van der Waals surface area (Å²) in [6.07, 6.45) is 3.92. The number of carbonyl (C=O) groups is 1. The molecule has 1 saturated carbocycles. The molecule has 9 heteroatoms. The molecule has 1 amide bonds. The third kappa shape index (κ3) is 4.97. The van der Waals surface area contributed by atoms with Crippen molar-refractivity contribution in [2.75, 3.05) is 18.0 Å². The minimum Gasteiger partial charge on any atom is -0.495 e. The van der Waals surface area contributed by atoms with E-state index in [1.165, 1.54) is 25.3 Å². The molecular weight excluding hydrogens is 435 g/mol. The number of para-hydroxylation sites is 2. The molecule has 1 fully saturated rings. The van der Waals surface area contributed by atoms with Crippen LogP contribution in [0.2, 0.25) is 10.0 Å². The molecule has 0 heterocycles. The Morgan fingerprint density at radius 2 is 1.83 bits per heavy atom. The number of halogens is 2. The summed E-state index contributed by atoms with van der Waals surface area (Å²) < 4.78 is 33.2. The maximum atomic E-state index is 13.4. The van der Waals surface area contributed by atoms with E-state index in [2.05, 4.69) is 5.32 Å². The van der Waals surface area contributed by atoms with Gasteiger partial charge in [0, 0.05) is 6.04 Å². The van der Waals surface area contributed by atoms with E-state index in [0.717, 1.165) is 30.0 Å². The van der Waals surface area contributed by atoms with E-state index < -0.39 is 10.0 Å². The van der Waals surface area contributed by atoms with E-state index in [-0.39, 0.29) is 39.1 Å². The first-order valence-corrected chi connectivity index (χ1v) is 11.4. The summed E-state index contributed by atoms with van der Waals surface area (Å²) in [6.45, 7) is -0.376. The number of benzene rings is 2. The number of nitrogens with one attached hydrogen (secondary N) is 1. The largest absolute Gasteiger partial charge is 0.495 e. The van der Waals surface area contributed by atoms with Crippen LogP contribution in [0.4, 0.5) is 5.69 Å². The molecule has 0 aliphatic heterocycles. The minimum atomic E-state index is -4.11. The second-order valence-electron chi connectivity index (χ2n) is 6.81. The molecule has 1 aliphatic rings. The third-order valence-electron chi connectivity index (χ3n) is 4.84. The van der Waals surface area contributed by atoms with E-state index >= 15 is 0 Å². The molecule has 1 N–H and O–H groups in total. The summed E-state index contributed by atoms with van der Waals surface area (Å²) >= 11 is 12.0. The topological polar surface area (TPSA) is 75.7 Å². The van der Waals surface area contributed by atoms with E-state index in [1.807, 2.05) is 0 Å². The molecule has 2 aromatic carbocycles. The highest BCUT2D eigenvalue weighted by molar-refractivity contribution is 7.92. The van der Waals surface area contributed by atoms with Crippen LogP contribution in [0.5, 0.6) is 5.75 Å². The van der Waals surface area contributed by atoms with Gasteiger partial charge >= 0.3 is 0 Å². The number of hydrogen-bond acceptors (Lipinski definition) is 4. The first-order chi connectivity index (χ1) is 13.8. The maximum absolute atomic E-state index is 13.4. The first kappa shape index (κ1) is 21.7. The highest BCUT2D eigenvalue weighted by Crippen LogP contribution is 2.34. The number of methoxy groups -OCH3 is 1. The van der Waals surface area contributed by atoms with Crippen molar-refractivity contribution in [2.45, 2.75) is 36.6 Å². The Labute approximate surface area is 180 Å². The van der Waals surface area contributed by atoms with Gasteiger partial charge in [-0.25, -0.2) is 8.42 Å². The van der Waals surface area contributed by atoms with Gasteiger partial charge < -0.3 is 10.1 Å². The van der Waals surface area contributed by atoms with Gasteiger partial charge in [-0.1, -0.05) is 48.2 Å². The summed E-state index contributed by atoms with van der Waals surface area (Å²) in [4.78, 5) is 12.6. The Hall–Kier alpha value is -1.96. The fraction of sp³-hybridized carbons (Fsp3) is 0.350. The molecule has 0 radical (unpaired) electrons. The lowest BCUT2D eigenvalue weighted by atomic mass is 10.2. The zero-order valence-corrected chi connectivity index (χ0v) is 18.2. The number of carbonyl (C=O) groups excluding carboxylic acids is 1. The zero-order valence-electron chi connectivity index (χ0n) is 15.9. The maximum Gasteiger partial charge on any atom is 0.264 e. The van der Waals surface area contributed by atoms with Crippen molar-refractivity contribution in [1.82, 2.24) is 5.32 Å². The fourth-order valence-corrected chi connectivity index (χ4v) is 5.19. The van der Waals surface area contributed by atoms with Crippen molar-refractivity contribution in [1.29, 1.82) is 0 Å². The normalized spacial score (nSPS) is 14.6. The van der Waals surface area contributed by atoms with E-state index in [1.54, 1.807) is 24.3 Å². The number of hydrogen-bond donors (Lipinski definition) is 1. The number of sulfonamides is 1. The third-order valence-corrected chi connectivity index (χ3v) is 7.34. The lowest BCUT2D eigenvalue weighted by Crippen LogP contribution is -2.43. The molecule has 2 aromatic rings. The molecule has 3 rings (SSSR count). The van der Waals surface area contributed by atoms with Gasteiger partial charge in [0.15, 0.2) is 0 Å². The van der Waals surface area contributed by atoms with Crippen molar-refractivity contribution in [3.63, 3.8) is 0 Å². The van der Waals surface area contributed by atoms with Crippen LogP contribution in [0, 0.1) is 0 Å². The highest BCUT2D eigenvalue weighted by Gasteiger charge is 2.30. The van der Waals surface area contributed by atoms with Crippen molar-refractivity contribution >= 4 is 44.8 Å². The first-order valence-electron chi connectivity index (χ1n) is 9.23. The molecule has 6 nitrogen and oxygen atoms in total. The van der Waals surface area contributed by atoms with Crippen LogP contribution in [-0.2, 0) is 14.8 Å². The molecular formula is C20H22Cl2N2O4S. The summed E-state index contributed by atoms with van der Waals surface area (Å²) in [7, 11) is -2.66. The van der Waals surface area contributed by atoms with Gasteiger partial charge in [0.25, 0.3) is 10.0 Å². The quantitative estimate of drug-likeness (QED) is 0.675. The SMILES string of the molecule is COc1ccccc1N(CC(=O)NC1CCCC1)S(=O)(=O)c1ccc(Cl)c(Cl)c1. The van der Waals surface area contributed by atoms with E-state index in [0.29, 0.717) is 5.75 Å². The predicted octanol–water partition coefficient (Wildman–Crippen LogP) is 4.26. The highest BCUT2D eigenvalue weighted by atomic mass is 35.5. The summed E-state index contributed by atoms with van der Waals surface area (Å²) in [5.41, 5.74) is 0.266. The van der Waals surface area contributed by atoms with Crippen LogP contribution < -0.4 is 14.4 Å². The molecule has 0 bridgehead atoms. The second-order valence-corrected chi connectivity index (χ2v) is 9.49. The predicted molar refractivity (Wildman–Crippen MR) is 114 cm³/mol. The summed E-state index contributed by atoms with van der Waals surface area (Å²) in [5, 5.41) is 3.29. The zero-order chi connectivity index (χ0) is 21.0.